The Hall–Kier alpha value is -3.18. The van der Waals surface area contributed by atoms with E-state index in [4.69, 9.17) is 0 Å². The number of carbonyl (C=O) groups is 1. The fraction of sp³-hybridized carbons (Fsp3) is 0.0833. The van der Waals surface area contributed by atoms with Crippen LogP contribution in [0.3, 0.4) is 0 Å². The van der Waals surface area contributed by atoms with Crippen molar-refractivity contribution < 1.29 is 4.79 Å². The second-order valence-electron chi connectivity index (χ2n) is 7.19. The molecule has 1 N–H and O–H groups in total. The molecule has 1 aliphatic heterocycles. The van der Waals surface area contributed by atoms with Gasteiger partial charge in [0.25, 0.3) is 5.91 Å². The number of H-pyrrole nitrogens is 1. The number of nitrogens with one attached hydrogen (secondary N) is 1. The molecule has 0 saturated heterocycles. The van der Waals surface area contributed by atoms with E-state index in [2.05, 4.69) is 69.4 Å². The zero-order chi connectivity index (χ0) is 20.0. The summed E-state index contributed by atoms with van der Waals surface area (Å²) in [4.78, 5) is 15.2. The maximum atomic E-state index is 13.4. The van der Waals surface area contributed by atoms with Crippen LogP contribution in [0.4, 0.5) is 5.69 Å². The van der Waals surface area contributed by atoms with Gasteiger partial charge in [-0.15, -0.1) is 0 Å². The topological polar surface area (TPSA) is 49.0 Å². The molecule has 1 atom stereocenters. The van der Waals surface area contributed by atoms with E-state index in [1.165, 1.54) is 5.56 Å². The fourth-order valence-electron chi connectivity index (χ4n) is 3.89. The van der Waals surface area contributed by atoms with Gasteiger partial charge in [0.1, 0.15) is 5.69 Å². The lowest BCUT2D eigenvalue weighted by Crippen LogP contribution is -2.29. The minimum absolute atomic E-state index is 0.0648. The maximum absolute atomic E-state index is 13.4. The van der Waals surface area contributed by atoms with E-state index in [9.17, 15) is 4.79 Å². The number of carbonyl (C=O) groups excluding carboxylic acids is 1. The molecule has 1 aliphatic rings. The number of para-hydroxylation sites is 1. The van der Waals surface area contributed by atoms with Crippen LogP contribution in [0.2, 0.25) is 0 Å². The molecule has 0 radical (unpaired) electrons. The van der Waals surface area contributed by atoms with Gasteiger partial charge in [0, 0.05) is 21.3 Å². The SMILES string of the molecule is Cc1ccc(-c2n[nH]c3c2[C@H](c2ccc(Br)cc2)N(c2ccccc2)C3=O)cc1. The van der Waals surface area contributed by atoms with Gasteiger partial charge in [-0.2, -0.15) is 5.10 Å². The predicted octanol–water partition coefficient (Wildman–Crippen LogP) is 5.90. The van der Waals surface area contributed by atoms with E-state index >= 15 is 0 Å². The maximum Gasteiger partial charge on any atom is 0.277 e. The van der Waals surface area contributed by atoms with E-state index in [1.54, 1.807) is 0 Å². The molecule has 0 spiro atoms. The van der Waals surface area contributed by atoms with E-state index in [-0.39, 0.29) is 11.9 Å². The number of aromatic nitrogens is 2. The summed E-state index contributed by atoms with van der Waals surface area (Å²) >= 11 is 3.51. The number of rotatable bonds is 3. The van der Waals surface area contributed by atoms with Crippen LogP contribution >= 0.6 is 15.9 Å². The number of amides is 1. The van der Waals surface area contributed by atoms with Crippen molar-refractivity contribution in [2.24, 2.45) is 0 Å². The molecule has 0 bridgehead atoms. The molecule has 0 saturated carbocycles. The van der Waals surface area contributed by atoms with Crippen LogP contribution in [-0.4, -0.2) is 16.1 Å². The molecule has 1 amide bonds. The molecule has 0 aliphatic carbocycles. The molecule has 0 unspecified atom stereocenters. The number of aromatic amines is 1. The first-order valence-corrected chi connectivity index (χ1v) is 10.2. The summed E-state index contributed by atoms with van der Waals surface area (Å²) in [5, 5.41) is 7.54. The minimum atomic E-state index is -0.247. The Balaban J connectivity index is 1.72. The summed E-state index contributed by atoms with van der Waals surface area (Å²) in [6.07, 6.45) is 0. The molecule has 5 rings (SSSR count). The lowest BCUT2D eigenvalue weighted by atomic mass is 9.95. The van der Waals surface area contributed by atoms with Crippen LogP contribution in [0.1, 0.15) is 33.2 Å². The summed E-state index contributed by atoms with van der Waals surface area (Å²) in [7, 11) is 0. The Morgan fingerprint density at radius 3 is 2.31 bits per heavy atom. The highest BCUT2D eigenvalue weighted by molar-refractivity contribution is 9.10. The summed E-state index contributed by atoms with van der Waals surface area (Å²) in [5.74, 6) is -0.0648. The molecule has 142 valence electrons. The number of halogens is 1. The third-order valence-corrected chi connectivity index (χ3v) is 5.84. The van der Waals surface area contributed by atoms with Crippen molar-refractivity contribution in [1.29, 1.82) is 0 Å². The average molecular weight is 444 g/mol. The van der Waals surface area contributed by atoms with Gasteiger partial charge in [-0.25, -0.2) is 0 Å². The molecule has 29 heavy (non-hydrogen) atoms. The Bertz CT molecular complexity index is 1180. The number of anilines is 1. The molecule has 5 heteroatoms. The number of aryl methyl sites for hydroxylation is 1. The number of nitrogens with zero attached hydrogens (tertiary/aromatic N) is 2. The van der Waals surface area contributed by atoms with E-state index in [0.29, 0.717) is 5.69 Å². The molecular weight excluding hydrogens is 426 g/mol. The normalized spacial score (nSPS) is 15.6. The third kappa shape index (κ3) is 2.98. The van der Waals surface area contributed by atoms with E-state index in [1.807, 2.05) is 47.4 Å². The van der Waals surface area contributed by atoms with Crippen LogP contribution in [0.15, 0.2) is 83.3 Å². The lowest BCUT2D eigenvalue weighted by molar-refractivity contribution is 0.0989. The van der Waals surface area contributed by atoms with Crippen molar-refractivity contribution in [3.05, 3.63) is 106 Å². The highest BCUT2D eigenvalue weighted by Crippen LogP contribution is 2.45. The van der Waals surface area contributed by atoms with E-state index < -0.39 is 0 Å². The van der Waals surface area contributed by atoms with Gasteiger partial charge >= 0.3 is 0 Å². The molecule has 0 fully saturated rings. The van der Waals surface area contributed by atoms with Crippen LogP contribution in [0.25, 0.3) is 11.3 Å². The standard InChI is InChI=1S/C24H18BrN3O/c1-15-7-9-16(10-8-15)21-20-22(27-26-21)24(29)28(19-5-3-2-4-6-19)23(20)17-11-13-18(25)14-12-17/h2-14,23H,1H3,(H,26,27)/t23-/m0/s1. The fourth-order valence-corrected chi connectivity index (χ4v) is 4.16. The Morgan fingerprint density at radius 1 is 0.931 bits per heavy atom. The van der Waals surface area contributed by atoms with Gasteiger partial charge in [0.2, 0.25) is 0 Å². The molecule has 3 aromatic carbocycles. The van der Waals surface area contributed by atoms with Gasteiger partial charge in [-0.3, -0.25) is 14.8 Å². The summed E-state index contributed by atoms with van der Waals surface area (Å²) in [5.41, 5.74) is 6.39. The first-order chi connectivity index (χ1) is 14.1. The summed E-state index contributed by atoms with van der Waals surface area (Å²) in [6, 6.07) is 25.9. The second-order valence-corrected chi connectivity index (χ2v) is 8.11. The van der Waals surface area contributed by atoms with Gasteiger partial charge < -0.3 is 0 Å². The largest absolute Gasteiger partial charge is 0.295 e. The quantitative estimate of drug-likeness (QED) is 0.428. The van der Waals surface area contributed by atoms with Crippen LogP contribution in [-0.2, 0) is 0 Å². The highest BCUT2D eigenvalue weighted by Gasteiger charge is 2.42. The average Bonchev–Trinajstić information content (AvgIpc) is 3.29. The van der Waals surface area contributed by atoms with Crippen molar-refractivity contribution >= 4 is 27.5 Å². The molecule has 4 nitrogen and oxygen atoms in total. The van der Waals surface area contributed by atoms with Crippen molar-refractivity contribution in [3.8, 4) is 11.3 Å². The van der Waals surface area contributed by atoms with Gasteiger partial charge in [0.05, 0.1) is 11.7 Å². The van der Waals surface area contributed by atoms with Crippen molar-refractivity contribution in [3.63, 3.8) is 0 Å². The smallest absolute Gasteiger partial charge is 0.277 e. The Kier molecular flexibility index (Phi) is 4.32. The van der Waals surface area contributed by atoms with E-state index in [0.717, 1.165) is 32.5 Å². The first-order valence-electron chi connectivity index (χ1n) is 9.43. The summed E-state index contributed by atoms with van der Waals surface area (Å²) in [6.45, 7) is 2.06. The van der Waals surface area contributed by atoms with Crippen molar-refractivity contribution in [2.45, 2.75) is 13.0 Å². The minimum Gasteiger partial charge on any atom is -0.295 e. The number of hydrogen-bond donors (Lipinski definition) is 1. The third-order valence-electron chi connectivity index (χ3n) is 5.31. The first kappa shape index (κ1) is 17.9. The second kappa shape index (κ2) is 7.01. The zero-order valence-electron chi connectivity index (χ0n) is 15.8. The van der Waals surface area contributed by atoms with Crippen LogP contribution < -0.4 is 4.90 Å². The Morgan fingerprint density at radius 2 is 1.62 bits per heavy atom. The van der Waals surface area contributed by atoms with Crippen molar-refractivity contribution in [1.82, 2.24) is 10.2 Å². The van der Waals surface area contributed by atoms with Crippen molar-refractivity contribution in [2.75, 3.05) is 4.90 Å². The molecular formula is C24H18BrN3O. The Labute approximate surface area is 177 Å². The lowest BCUT2D eigenvalue weighted by Gasteiger charge is -2.26. The highest BCUT2D eigenvalue weighted by atomic mass is 79.9. The number of fused-ring (bicyclic) bond motifs is 1. The molecule has 4 aromatic rings. The predicted molar refractivity (Wildman–Crippen MR) is 118 cm³/mol. The van der Waals surface area contributed by atoms with Gasteiger partial charge in [0.15, 0.2) is 0 Å². The number of benzene rings is 3. The van der Waals surface area contributed by atoms with Crippen LogP contribution in [0.5, 0.6) is 0 Å². The van der Waals surface area contributed by atoms with Gasteiger partial charge in [-0.05, 0) is 36.8 Å². The molecule has 1 aromatic heterocycles. The zero-order valence-corrected chi connectivity index (χ0v) is 17.3. The van der Waals surface area contributed by atoms with Gasteiger partial charge in [-0.1, -0.05) is 76.1 Å². The van der Waals surface area contributed by atoms with Crippen LogP contribution in [0, 0.1) is 6.92 Å². The number of hydrogen-bond acceptors (Lipinski definition) is 2. The monoisotopic (exact) mass is 443 g/mol. The summed E-state index contributed by atoms with van der Waals surface area (Å²) < 4.78 is 1.00. The molecule has 2 heterocycles.